The number of nitrogens with two attached hydrogens (primary N) is 1. The Morgan fingerprint density at radius 2 is 1.67 bits per heavy atom. The zero-order valence-electron chi connectivity index (χ0n) is 15.6. The minimum atomic E-state index is -0.0518. The molecule has 0 aromatic heterocycles. The van der Waals surface area contributed by atoms with E-state index in [1.807, 2.05) is 29.2 Å². The fourth-order valence-corrected chi connectivity index (χ4v) is 3.38. The molecule has 2 aromatic carbocycles. The number of carbonyl (C=O) groups is 2. The summed E-state index contributed by atoms with van der Waals surface area (Å²) in [5.41, 5.74) is 8.89. The molecule has 0 aliphatic carbocycles. The normalized spacial score (nSPS) is 14.4. The molecule has 0 atom stereocenters. The topological polar surface area (TPSA) is 75.4 Å². The van der Waals surface area contributed by atoms with Gasteiger partial charge in [-0.1, -0.05) is 25.0 Å². The number of nitrogens with zero attached hydrogens (tertiary/aromatic N) is 1. The Labute approximate surface area is 160 Å². The van der Waals surface area contributed by atoms with Gasteiger partial charge in [0.2, 0.25) is 5.91 Å². The maximum Gasteiger partial charge on any atom is 0.253 e. The first-order chi connectivity index (χ1) is 13.1. The number of hydrogen-bond acceptors (Lipinski definition) is 3. The molecule has 0 saturated carbocycles. The second-order valence-corrected chi connectivity index (χ2v) is 7.08. The zero-order chi connectivity index (χ0) is 19.1. The number of amides is 2. The molecule has 2 amide bonds. The summed E-state index contributed by atoms with van der Waals surface area (Å²) in [5, 5.41) is 2.89. The minimum absolute atomic E-state index is 0.0518. The molecule has 5 heteroatoms. The van der Waals surface area contributed by atoms with Gasteiger partial charge < -0.3 is 16.0 Å². The molecule has 27 heavy (non-hydrogen) atoms. The quantitative estimate of drug-likeness (QED) is 0.790. The molecule has 3 rings (SSSR count). The highest BCUT2D eigenvalue weighted by molar-refractivity contribution is 5.95. The molecule has 2 aromatic rings. The first kappa shape index (κ1) is 19.0. The van der Waals surface area contributed by atoms with Crippen molar-refractivity contribution < 1.29 is 9.59 Å². The number of likely N-dealkylation sites (tertiary alicyclic amines) is 1. The average molecular weight is 365 g/mol. The van der Waals surface area contributed by atoms with Crippen molar-refractivity contribution >= 4 is 23.2 Å². The van der Waals surface area contributed by atoms with Crippen LogP contribution in [0.25, 0.3) is 0 Å². The van der Waals surface area contributed by atoms with Crippen LogP contribution in [0, 0.1) is 0 Å². The number of hydrogen-bond donors (Lipinski definition) is 2. The van der Waals surface area contributed by atoms with Gasteiger partial charge in [-0.05, 0) is 61.2 Å². The monoisotopic (exact) mass is 365 g/mol. The van der Waals surface area contributed by atoms with Gasteiger partial charge in [0.1, 0.15) is 0 Å². The average Bonchev–Trinajstić information content (AvgIpc) is 2.96. The largest absolute Gasteiger partial charge is 0.399 e. The van der Waals surface area contributed by atoms with Crippen molar-refractivity contribution in [2.75, 3.05) is 24.1 Å². The summed E-state index contributed by atoms with van der Waals surface area (Å²) in [7, 11) is 0. The third kappa shape index (κ3) is 5.58. The predicted octanol–water partition coefficient (Wildman–Crippen LogP) is 3.86. The number of nitrogen functional groups attached to an aromatic ring is 1. The molecule has 0 spiro atoms. The Balaban J connectivity index is 1.52. The van der Waals surface area contributed by atoms with Crippen LogP contribution < -0.4 is 11.1 Å². The van der Waals surface area contributed by atoms with E-state index >= 15 is 0 Å². The first-order valence-corrected chi connectivity index (χ1v) is 9.65. The molecule has 1 aliphatic rings. The molecule has 0 radical (unpaired) electrons. The number of aryl methyl sites for hydroxylation is 1. The second kappa shape index (κ2) is 9.21. The van der Waals surface area contributed by atoms with Gasteiger partial charge in [0.25, 0.3) is 5.91 Å². The SMILES string of the molecule is Nc1cccc(CCC(=O)Nc2ccc(C(=O)N3CCCCCC3)cc2)c1. The maximum atomic E-state index is 12.6. The molecule has 5 nitrogen and oxygen atoms in total. The van der Waals surface area contributed by atoms with Crippen molar-refractivity contribution in [2.45, 2.75) is 38.5 Å². The highest BCUT2D eigenvalue weighted by atomic mass is 16.2. The lowest BCUT2D eigenvalue weighted by Gasteiger charge is -2.20. The maximum absolute atomic E-state index is 12.6. The van der Waals surface area contributed by atoms with Crippen LogP contribution in [0.15, 0.2) is 48.5 Å². The molecular formula is C22H27N3O2. The van der Waals surface area contributed by atoms with Crippen LogP contribution in [0.2, 0.25) is 0 Å². The Bertz CT molecular complexity index is 778. The predicted molar refractivity (Wildman–Crippen MR) is 109 cm³/mol. The summed E-state index contributed by atoms with van der Waals surface area (Å²) in [6, 6.07) is 14.7. The molecule has 3 N–H and O–H groups in total. The smallest absolute Gasteiger partial charge is 0.253 e. The van der Waals surface area contributed by atoms with E-state index < -0.39 is 0 Å². The summed E-state index contributed by atoms with van der Waals surface area (Å²) in [6.45, 7) is 1.67. The Kier molecular flexibility index (Phi) is 6.47. The van der Waals surface area contributed by atoms with Gasteiger partial charge in [-0.3, -0.25) is 9.59 Å². The highest BCUT2D eigenvalue weighted by Crippen LogP contribution is 2.16. The van der Waals surface area contributed by atoms with Crippen LogP contribution in [-0.2, 0) is 11.2 Å². The van der Waals surface area contributed by atoms with Crippen molar-refractivity contribution in [1.82, 2.24) is 4.90 Å². The Morgan fingerprint density at radius 1 is 0.963 bits per heavy atom. The van der Waals surface area contributed by atoms with Crippen LogP contribution in [0.4, 0.5) is 11.4 Å². The van der Waals surface area contributed by atoms with Gasteiger partial charge in [0, 0.05) is 36.4 Å². The van der Waals surface area contributed by atoms with E-state index in [0.717, 1.165) is 31.5 Å². The lowest BCUT2D eigenvalue weighted by molar-refractivity contribution is -0.116. The molecule has 1 fully saturated rings. The molecule has 1 saturated heterocycles. The lowest BCUT2D eigenvalue weighted by atomic mass is 10.1. The van der Waals surface area contributed by atoms with Crippen molar-refractivity contribution in [3.63, 3.8) is 0 Å². The number of nitrogens with one attached hydrogen (secondary N) is 1. The molecule has 1 aliphatic heterocycles. The van der Waals surface area contributed by atoms with Crippen LogP contribution in [0.3, 0.4) is 0 Å². The highest BCUT2D eigenvalue weighted by Gasteiger charge is 2.17. The fourth-order valence-electron chi connectivity index (χ4n) is 3.38. The van der Waals surface area contributed by atoms with E-state index in [1.54, 1.807) is 24.3 Å². The number of rotatable bonds is 5. The molecule has 0 unspecified atom stereocenters. The fraction of sp³-hybridized carbons (Fsp3) is 0.364. The van der Waals surface area contributed by atoms with Gasteiger partial charge in [-0.25, -0.2) is 0 Å². The standard InChI is InChI=1S/C22H27N3O2/c23-19-7-5-6-17(16-19)8-13-21(26)24-20-11-9-18(10-12-20)22(27)25-14-3-1-2-4-15-25/h5-7,9-12,16H,1-4,8,13-15,23H2,(H,24,26). The van der Waals surface area contributed by atoms with Gasteiger partial charge in [0.15, 0.2) is 0 Å². The van der Waals surface area contributed by atoms with Gasteiger partial charge in [-0.2, -0.15) is 0 Å². The van der Waals surface area contributed by atoms with Crippen molar-refractivity contribution in [2.24, 2.45) is 0 Å². The van der Waals surface area contributed by atoms with E-state index in [9.17, 15) is 9.59 Å². The van der Waals surface area contributed by atoms with Crippen molar-refractivity contribution in [3.8, 4) is 0 Å². The Hall–Kier alpha value is -2.82. The van der Waals surface area contributed by atoms with E-state index in [-0.39, 0.29) is 11.8 Å². The van der Waals surface area contributed by atoms with Crippen molar-refractivity contribution in [1.29, 1.82) is 0 Å². The minimum Gasteiger partial charge on any atom is -0.399 e. The summed E-state index contributed by atoms with van der Waals surface area (Å²) < 4.78 is 0. The summed E-state index contributed by atoms with van der Waals surface area (Å²) in [5.74, 6) is 0.0282. The second-order valence-electron chi connectivity index (χ2n) is 7.08. The lowest BCUT2D eigenvalue weighted by Crippen LogP contribution is -2.31. The molecular weight excluding hydrogens is 338 g/mol. The molecule has 142 valence electrons. The van der Waals surface area contributed by atoms with E-state index in [1.165, 1.54) is 12.8 Å². The number of benzene rings is 2. The van der Waals surface area contributed by atoms with Crippen LogP contribution in [0.5, 0.6) is 0 Å². The first-order valence-electron chi connectivity index (χ1n) is 9.65. The van der Waals surface area contributed by atoms with Crippen LogP contribution >= 0.6 is 0 Å². The van der Waals surface area contributed by atoms with Crippen LogP contribution in [-0.4, -0.2) is 29.8 Å². The molecule has 1 heterocycles. The summed E-state index contributed by atoms with van der Waals surface area (Å²) >= 11 is 0. The summed E-state index contributed by atoms with van der Waals surface area (Å²) in [6.07, 6.45) is 5.58. The van der Waals surface area contributed by atoms with E-state index in [4.69, 9.17) is 5.73 Å². The van der Waals surface area contributed by atoms with E-state index in [0.29, 0.717) is 29.8 Å². The molecule has 0 bridgehead atoms. The number of anilines is 2. The third-order valence-corrected chi connectivity index (χ3v) is 4.90. The van der Waals surface area contributed by atoms with Gasteiger partial charge in [0.05, 0.1) is 0 Å². The van der Waals surface area contributed by atoms with Crippen molar-refractivity contribution in [3.05, 3.63) is 59.7 Å². The number of carbonyl (C=O) groups excluding carboxylic acids is 2. The van der Waals surface area contributed by atoms with E-state index in [2.05, 4.69) is 5.32 Å². The van der Waals surface area contributed by atoms with Gasteiger partial charge in [-0.15, -0.1) is 0 Å². The third-order valence-electron chi connectivity index (χ3n) is 4.90. The zero-order valence-corrected chi connectivity index (χ0v) is 15.6. The van der Waals surface area contributed by atoms with Crippen LogP contribution in [0.1, 0.15) is 48.0 Å². The summed E-state index contributed by atoms with van der Waals surface area (Å²) in [4.78, 5) is 26.7. The Morgan fingerprint density at radius 3 is 2.33 bits per heavy atom. The van der Waals surface area contributed by atoms with Gasteiger partial charge >= 0.3 is 0 Å².